The number of unbranched alkanes of at least 4 members (excludes halogenated alkanes) is 31. The van der Waals surface area contributed by atoms with Crippen LogP contribution in [0.4, 0.5) is 0 Å². The van der Waals surface area contributed by atoms with Gasteiger partial charge in [-0.3, -0.25) is 9.59 Å². The molecule has 0 amide bonds. The van der Waals surface area contributed by atoms with Crippen LogP contribution in [0.2, 0.25) is 0 Å². The summed E-state index contributed by atoms with van der Waals surface area (Å²) in [6.07, 6.45) is 24.1. The minimum Gasteiger partial charge on any atom is -0.462 e. The summed E-state index contributed by atoms with van der Waals surface area (Å²) in [4.78, 5) is 25.8. The number of carbonyl (C=O) groups excluding carboxylic acids is 2. The van der Waals surface area contributed by atoms with Crippen LogP contribution in [-0.2, 0) is 38.0 Å². The smallest absolute Gasteiger partial charge is 0.306 e. The summed E-state index contributed by atoms with van der Waals surface area (Å²) < 4.78 is 33.7. The second-order valence-electron chi connectivity index (χ2n) is 20.1. The zero-order chi connectivity index (χ0) is 50.3. The summed E-state index contributed by atoms with van der Waals surface area (Å²) in [5, 5.41) is 72.2. The van der Waals surface area contributed by atoms with Gasteiger partial charge in [0.25, 0.3) is 0 Å². The Labute approximate surface area is 417 Å². The van der Waals surface area contributed by atoms with Crippen molar-refractivity contribution >= 4 is 11.9 Å². The topological polar surface area (TPSA) is 231 Å². The molecule has 0 aliphatic carbocycles. The Morgan fingerprint density at radius 3 is 1.13 bits per heavy atom. The summed E-state index contributed by atoms with van der Waals surface area (Å²) in [6, 6.07) is 0. The summed E-state index contributed by atoms with van der Waals surface area (Å²) in [7, 11) is 0. The lowest BCUT2D eigenvalue weighted by molar-refractivity contribution is -0.332. The van der Waals surface area contributed by atoms with Gasteiger partial charge in [-0.1, -0.05) is 213 Å². The van der Waals surface area contributed by atoms with Crippen LogP contribution >= 0.6 is 0 Å². The number of hydrogen-bond acceptors (Lipinski definition) is 15. The molecule has 4 unspecified atom stereocenters. The number of ether oxygens (including phenoxy) is 6. The van der Waals surface area contributed by atoms with Crippen LogP contribution in [0.15, 0.2) is 0 Å². The Bertz CT molecular complexity index is 1210. The van der Waals surface area contributed by atoms with Crippen molar-refractivity contribution in [1.29, 1.82) is 0 Å². The van der Waals surface area contributed by atoms with Gasteiger partial charge in [-0.05, 0) is 12.8 Å². The molecule has 7 N–H and O–H groups in total. The van der Waals surface area contributed by atoms with Gasteiger partial charge in [0, 0.05) is 12.8 Å². The highest BCUT2D eigenvalue weighted by molar-refractivity contribution is 5.70. The fraction of sp³-hybridized carbons (Fsp3) is 0.963. The first-order valence-electron chi connectivity index (χ1n) is 28.1. The molecule has 2 rings (SSSR count). The first kappa shape index (κ1) is 63.6. The van der Waals surface area contributed by atoms with Gasteiger partial charge in [-0.15, -0.1) is 0 Å². The molecule has 0 aromatic carbocycles. The highest BCUT2D eigenvalue weighted by Gasteiger charge is 2.47. The standard InChI is InChI=1S/C54H102O15/c1-3-5-7-9-11-13-15-17-19-20-21-22-23-25-26-28-30-32-34-36-45(56)64-39-42(67-46(57)37-35-33-31-29-27-24-18-16-14-12-10-8-6-4-2)40-65-53-52(63)50(61)48(59)44(69-53)41-66-54-51(62)49(60)47(58)43(38-55)68-54/h42-44,47-55,58-63H,3-41H2,1-2H3/t42-,43+,44+,47-,48-,49?,50?,51?,52?,53+,54+/m0/s1. The van der Waals surface area contributed by atoms with E-state index in [0.717, 1.165) is 38.5 Å². The van der Waals surface area contributed by atoms with Gasteiger partial charge in [0.2, 0.25) is 0 Å². The lowest BCUT2D eigenvalue weighted by Gasteiger charge is -2.42. The highest BCUT2D eigenvalue weighted by Crippen LogP contribution is 2.27. The Morgan fingerprint density at radius 1 is 0.406 bits per heavy atom. The molecule has 2 saturated heterocycles. The minimum absolute atomic E-state index is 0.173. The fourth-order valence-electron chi connectivity index (χ4n) is 9.22. The number of esters is 2. The van der Waals surface area contributed by atoms with E-state index in [-0.39, 0.29) is 26.1 Å². The molecule has 15 nitrogen and oxygen atoms in total. The van der Waals surface area contributed by atoms with E-state index in [1.807, 2.05) is 0 Å². The van der Waals surface area contributed by atoms with Gasteiger partial charge in [0.05, 0.1) is 19.8 Å². The van der Waals surface area contributed by atoms with Crippen molar-refractivity contribution in [2.45, 2.75) is 306 Å². The fourth-order valence-corrected chi connectivity index (χ4v) is 9.22. The van der Waals surface area contributed by atoms with Gasteiger partial charge in [-0.25, -0.2) is 0 Å². The number of hydrogen-bond donors (Lipinski definition) is 7. The van der Waals surface area contributed by atoms with Crippen LogP contribution in [-0.4, -0.2) is 142 Å². The summed E-state index contributed by atoms with van der Waals surface area (Å²) >= 11 is 0. The lowest BCUT2D eigenvalue weighted by atomic mass is 9.98. The second kappa shape index (κ2) is 41.9. The molecule has 0 bridgehead atoms. The molecular weight excluding hydrogens is 889 g/mol. The van der Waals surface area contributed by atoms with E-state index in [0.29, 0.717) is 12.8 Å². The van der Waals surface area contributed by atoms with Crippen molar-refractivity contribution in [3.8, 4) is 0 Å². The predicted molar refractivity (Wildman–Crippen MR) is 266 cm³/mol. The predicted octanol–water partition coefficient (Wildman–Crippen LogP) is 8.78. The first-order chi connectivity index (χ1) is 33.5. The van der Waals surface area contributed by atoms with Crippen molar-refractivity contribution in [3.05, 3.63) is 0 Å². The lowest BCUT2D eigenvalue weighted by Crippen LogP contribution is -2.61. The average Bonchev–Trinajstić information content (AvgIpc) is 3.34. The minimum atomic E-state index is -1.76. The molecule has 408 valence electrons. The molecule has 2 fully saturated rings. The number of rotatable bonds is 45. The van der Waals surface area contributed by atoms with Gasteiger partial charge < -0.3 is 64.2 Å². The molecule has 15 heteroatoms. The van der Waals surface area contributed by atoms with E-state index < -0.39 is 92.7 Å². The normalized spacial score (nSPS) is 25.5. The third-order valence-electron chi connectivity index (χ3n) is 13.8. The molecule has 0 aromatic rings. The monoisotopic (exact) mass is 991 g/mol. The van der Waals surface area contributed by atoms with E-state index >= 15 is 0 Å². The van der Waals surface area contributed by atoms with Gasteiger partial charge in [-0.2, -0.15) is 0 Å². The van der Waals surface area contributed by atoms with Crippen molar-refractivity contribution in [3.63, 3.8) is 0 Å². The van der Waals surface area contributed by atoms with E-state index in [1.54, 1.807) is 0 Å². The average molecular weight is 991 g/mol. The molecule has 2 aliphatic heterocycles. The molecule has 0 aromatic heterocycles. The Balaban J connectivity index is 1.75. The van der Waals surface area contributed by atoms with Crippen LogP contribution in [0.25, 0.3) is 0 Å². The summed E-state index contributed by atoms with van der Waals surface area (Å²) in [5.74, 6) is -0.906. The summed E-state index contributed by atoms with van der Waals surface area (Å²) in [6.45, 7) is 2.64. The maximum absolute atomic E-state index is 13.0. The third kappa shape index (κ3) is 29.7. The maximum Gasteiger partial charge on any atom is 0.306 e. The van der Waals surface area contributed by atoms with Crippen LogP contribution in [0, 0.1) is 0 Å². The summed E-state index contributed by atoms with van der Waals surface area (Å²) in [5.41, 5.74) is 0. The van der Waals surface area contributed by atoms with Crippen molar-refractivity contribution in [2.24, 2.45) is 0 Å². The highest BCUT2D eigenvalue weighted by atomic mass is 16.7. The molecular formula is C54H102O15. The van der Waals surface area contributed by atoms with Crippen LogP contribution in [0.5, 0.6) is 0 Å². The zero-order valence-electron chi connectivity index (χ0n) is 43.3. The van der Waals surface area contributed by atoms with Crippen LogP contribution in [0.3, 0.4) is 0 Å². The van der Waals surface area contributed by atoms with Gasteiger partial charge >= 0.3 is 11.9 Å². The molecule has 11 atom stereocenters. The molecule has 0 spiro atoms. The van der Waals surface area contributed by atoms with Crippen LogP contribution < -0.4 is 0 Å². The van der Waals surface area contributed by atoms with Gasteiger partial charge in [0.1, 0.15) is 55.4 Å². The van der Waals surface area contributed by atoms with E-state index in [4.69, 9.17) is 28.4 Å². The third-order valence-corrected chi connectivity index (χ3v) is 13.8. The van der Waals surface area contributed by atoms with E-state index in [9.17, 15) is 45.3 Å². The van der Waals surface area contributed by atoms with Crippen molar-refractivity contribution in [2.75, 3.05) is 26.4 Å². The second-order valence-corrected chi connectivity index (χ2v) is 20.1. The zero-order valence-corrected chi connectivity index (χ0v) is 43.3. The Kier molecular flexibility index (Phi) is 38.6. The molecule has 2 aliphatic rings. The largest absolute Gasteiger partial charge is 0.462 e. The number of aliphatic hydroxyl groups excluding tert-OH is 7. The van der Waals surface area contributed by atoms with Crippen molar-refractivity contribution in [1.82, 2.24) is 0 Å². The van der Waals surface area contributed by atoms with E-state index in [1.165, 1.54) is 161 Å². The molecule has 0 radical (unpaired) electrons. The van der Waals surface area contributed by atoms with E-state index in [2.05, 4.69) is 13.8 Å². The quantitative estimate of drug-likeness (QED) is 0.0223. The van der Waals surface area contributed by atoms with Crippen LogP contribution in [0.1, 0.15) is 239 Å². The number of carbonyl (C=O) groups is 2. The maximum atomic E-state index is 13.0. The SMILES string of the molecule is CCCCCCCCCCCCCCCCCCCCCC(=O)OC[C@@H](CO[C@@H]1O[C@H](CO[C@@H]2O[C@H](CO)[C@H](O)C(O)C2O)[C@H](O)C(O)C1O)OC(=O)CCCCCCCCCCCCCCCC. The number of aliphatic hydroxyl groups is 7. The molecule has 69 heavy (non-hydrogen) atoms. The molecule has 2 heterocycles. The van der Waals surface area contributed by atoms with Crippen molar-refractivity contribution < 1.29 is 73.8 Å². The Morgan fingerprint density at radius 2 is 0.739 bits per heavy atom. The Hall–Kier alpha value is -1.50. The molecule has 0 saturated carbocycles. The first-order valence-corrected chi connectivity index (χ1v) is 28.1. The van der Waals surface area contributed by atoms with Gasteiger partial charge in [0.15, 0.2) is 18.7 Å².